The van der Waals surface area contributed by atoms with Crippen LogP contribution in [0.1, 0.15) is 11.1 Å². The van der Waals surface area contributed by atoms with E-state index >= 15 is 0 Å². The summed E-state index contributed by atoms with van der Waals surface area (Å²) in [5, 5.41) is 2.68. The van der Waals surface area contributed by atoms with Gasteiger partial charge in [0.1, 0.15) is 19.0 Å². The van der Waals surface area contributed by atoms with Gasteiger partial charge in [0, 0.05) is 0 Å². The Bertz CT molecular complexity index is 848. The number of benzene rings is 2. The minimum atomic E-state index is -0.502. The van der Waals surface area contributed by atoms with Crippen LogP contribution >= 0.6 is 0 Å². The number of anilines is 1. The van der Waals surface area contributed by atoms with E-state index in [9.17, 15) is 9.59 Å². The molecule has 1 aliphatic heterocycles. The molecule has 7 nitrogen and oxygen atoms in total. The molecule has 1 heterocycles. The molecular weight excluding hydrogens is 350 g/mol. The second-order valence-corrected chi connectivity index (χ2v) is 6.07. The number of rotatable bonds is 6. The molecule has 0 atom stereocenters. The van der Waals surface area contributed by atoms with E-state index < -0.39 is 11.9 Å². The van der Waals surface area contributed by atoms with E-state index in [2.05, 4.69) is 5.32 Å². The topological polar surface area (TPSA) is 83.1 Å². The Morgan fingerprint density at radius 2 is 1.85 bits per heavy atom. The number of aryl methyl sites for hydroxylation is 1. The molecule has 0 aromatic heterocycles. The zero-order valence-corrected chi connectivity index (χ0v) is 15.2. The molecule has 0 unspecified atom stereocenters. The quantitative estimate of drug-likeness (QED) is 0.786. The Morgan fingerprint density at radius 1 is 1.07 bits per heavy atom. The van der Waals surface area contributed by atoms with Crippen molar-refractivity contribution in [3.05, 3.63) is 47.5 Å². The number of hydrogen-bond acceptors (Lipinski definition) is 6. The van der Waals surface area contributed by atoms with Crippen LogP contribution in [0.3, 0.4) is 0 Å². The van der Waals surface area contributed by atoms with Gasteiger partial charge in [0.25, 0.3) is 5.91 Å². The highest BCUT2D eigenvalue weighted by Crippen LogP contribution is 2.31. The van der Waals surface area contributed by atoms with Crippen LogP contribution in [0.15, 0.2) is 36.4 Å². The fourth-order valence-corrected chi connectivity index (χ4v) is 2.67. The van der Waals surface area contributed by atoms with Crippen LogP contribution in [0.5, 0.6) is 17.2 Å². The van der Waals surface area contributed by atoms with Crippen molar-refractivity contribution >= 4 is 17.6 Å². The highest BCUT2D eigenvalue weighted by Gasteiger charge is 2.15. The molecule has 1 amide bonds. The fourth-order valence-electron chi connectivity index (χ4n) is 2.67. The third-order valence-electron chi connectivity index (χ3n) is 3.95. The standard InChI is InChI=1S/C20H21NO6/c1-13-3-5-16(24-2)15(9-13)21-19(22)12-27-20(23)11-14-4-6-17-18(10-14)26-8-7-25-17/h3-6,9-10H,7-8,11-12H2,1-2H3,(H,21,22). The smallest absolute Gasteiger partial charge is 0.310 e. The predicted octanol–water partition coefficient (Wildman–Crippen LogP) is 2.50. The zero-order chi connectivity index (χ0) is 19.2. The third-order valence-corrected chi connectivity index (χ3v) is 3.95. The summed E-state index contributed by atoms with van der Waals surface area (Å²) in [6.07, 6.45) is 0.0394. The van der Waals surface area contributed by atoms with Gasteiger partial charge in [-0.15, -0.1) is 0 Å². The number of nitrogens with one attached hydrogen (secondary N) is 1. The number of fused-ring (bicyclic) bond motifs is 1. The molecule has 142 valence electrons. The number of carbonyl (C=O) groups excluding carboxylic acids is 2. The van der Waals surface area contributed by atoms with Gasteiger partial charge in [-0.2, -0.15) is 0 Å². The SMILES string of the molecule is COc1ccc(C)cc1NC(=O)COC(=O)Cc1ccc2c(c1)OCCO2. The van der Waals surface area contributed by atoms with E-state index in [0.717, 1.165) is 11.1 Å². The fraction of sp³-hybridized carbons (Fsp3) is 0.300. The molecule has 0 saturated heterocycles. The van der Waals surface area contributed by atoms with Gasteiger partial charge < -0.3 is 24.3 Å². The summed E-state index contributed by atoms with van der Waals surface area (Å²) in [6, 6.07) is 10.7. The van der Waals surface area contributed by atoms with Gasteiger partial charge in [0.15, 0.2) is 18.1 Å². The van der Waals surface area contributed by atoms with Crippen molar-refractivity contribution < 1.29 is 28.5 Å². The Morgan fingerprint density at radius 3 is 2.63 bits per heavy atom. The second-order valence-electron chi connectivity index (χ2n) is 6.07. The Balaban J connectivity index is 1.52. The first-order chi connectivity index (χ1) is 13.0. The number of esters is 1. The number of amides is 1. The van der Waals surface area contributed by atoms with Crippen LogP contribution in [-0.2, 0) is 20.7 Å². The summed E-state index contributed by atoms with van der Waals surface area (Å²) in [5.41, 5.74) is 2.23. The van der Waals surface area contributed by atoms with Gasteiger partial charge in [-0.05, 0) is 42.3 Å². The molecule has 0 saturated carbocycles. The average molecular weight is 371 g/mol. The molecule has 7 heteroatoms. The maximum atomic E-state index is 12.1. The van der Waals surface area contributed by atoms with Crippen molar-refractivity contribution in [2.45, 2.75) is 13.3 Å². The highest BCUT2D eigenvalue weighted by atomic mass is 16.6. The molecule has 0 bridgehead atoms. The van der Waals surface area contributed by atoms with Crippen molar-refractivity contribution in [3.8, 4) is 17.2 Å². The Hall–Kier alpha value is -3.22. The van der Waals surface area contributed by atoms with Crippen LogP contribution in [0.25, 0.3) is 0 Å². The maximum Gasteiger partial charge on any atom is 0.310 e. The lowest BCUT2D eigenvalue weighted by Gasteiger charge is -2.18. The van der Waals surface area contributed by atoms with E-state index in [1.807, 2.05) is 13.0 Å². The lowest BCUT2D eigenvalue weighted by atomic mass is 10.1. The lowest BCUT2D eigenvalue weighted by molar-refractivity contribution is -0.146. The predicted molar refractivity (Wildman–Crippen MR) is 98.5 cm³/mol. The van der Waals surface area contributed by atoms with Gasteiger partial charge >= 0.3 is 5.97 Å². The van der Waals surface area contributed by atoms with Gasteiger partial charge in [0.2, 0.25) is 0 Å². The molecule has 0 spiro atoms. The first-order valence-electron chi connectivity index (χ1n) is 8.54. The molecule has 1 aliphatic rings. The molecule has 0 fully saturated rings. The Labute approximate surface area is 157 Å². The van der Waals surface area contributed by atoms with Crippen molar-refractivity contribution in [1.82, 2.24) is 0 Å². The number of hydrogen-bond donors (Lipinski definition) is 1. The maximum absolute atomic E-state index is 12.1. The van der Waals surface area contributed by atoms with Crippen molar-refractivity contribution in [3.63, 3.8) is 0 Å². The van der Waals surface area contributed by atoms with Crippen molar-refractivity contribution in [2.75, 3.05) is 32.2 Å². The van der Waals surface area contributed by atoms with E-state index in [0.29, 0.717) is 36.1 Å². The van der Waals surface area contributed by atoms with Gasteiger partial charge in [-0.3, -0.25) is 9.59 Å². The third kappa shape index (κ3) is 4.91. The first kappa shape index (κ1) is 18.6. The molecular formula is C20H21NO6. The van der Waals surface area contributed by atoms with E-state index in [4.69, 9.17) is 18.9 Å². The molecule has 0 aliphatic carbocycles. The van der Waals surface area contributed by atoms with Crippen LogP contribution in [0.2, 0.25) is 0 Å². The van der Waals surface area contributed by atoms with Gasteiger partial charge in [-0.1, -0.05) is 12.1 Å². The summed E-state index contributed by atoms with van der Waals surface area (Å²) in [6.45, 7) is 2.52. The highest BCUT2D eigenvalue weighted by molar-refractivity contribution is 5.94. The monoisotopic (exact) mass is 371 g/mol. The minimum Gasteiger partial charge on any atom is -0.495 e. The Kier molecular flexibility index (Phi) is 5.80. The lowest BCUT2D eigenvalue weighted by Crippen LogP contribution is -2.22. The summed E-state index contributed by atoms with van der Waals surface area (Å²) in [5.74, 6) is 0.865. The molecule has 3 rings (SSSR count). The molecule has 1 N–H and O–H groups in total. The molecule has 27 heavy (non-hydrogen) atoms. The molecule has 2 aromatic rings. The minimum absolute atomic E-state index is 0.0394. The zero-order valence-electron chi connectivity index (χ0n) is 15.2. The van der Waals surface area contributed by atoms with Crippen LogP contribution in [0.4, 0.5) is 5.69 Å². The van der Waals surface area contributed by atoms with E-state index in [1.165, 1.54) is 7.11 Å². The van der Waals surface area contributed by atoms with Crippen molar-refractivity contribution in [1.29, 1.82) is 0 Å². The van der Waals surface area contributed by atoms with Crippen molar-refractivity contribution in [2.24, 2.45) is 0 Å². The second kappa shape index (κ2) is 8.44. The molecule has 2 aromatic carbocycles. The molecule has 0 radical (unpaired) electrons. The van der Waals surface area contributed by atoms with E-state index in [1.54, 1.807) is 30.3 Å². The number of methoxy groups -OCH3 is 1. The van der Waals surface area contributed by atoms with Crippen LogP contribution < -0.4 is 19.5 Å². The van der Waals surface area contributed by atoms with E-state index in [-0.39, 0.29) is 13.0 Å². The number of ether oxygens (including phenoxy) is 4. The van der Waals surface area contributed by atoms with Gasteiger partial charge in [0.05, 0.1) is 19.2 Å². The average Bonchev–Trinajstić information content (AvgIpc) is 2.66. The van der Waals surface area contributed by atoms with Crippen LogP contribution in [0, 0.1) is 6.92 Å². The summed E-state index contributed by atoms with van der Waals surface area (Å²) in [4.78, 5) is 24.1. The normalized spacial score (nSPS) is 12.2. The summed E-state index contributed by atoms with van der Waals surface area (Å²) >= 11 is 0. The summed E-state index contributed by atoms with van der Waals surface area (Å²) in [7, 11) is 1.52. The van der Waals surface area contributed by atoms with Gasteiger partial charge in [-0.25, -0.2) is 0 Å². The first-order valence-corrected chi connectivity index (χ1v) is 8.54. The van der Waals surface area contributed by atoms with Crippen LogP contribution in [-0.4, -0.2) is 38.8 Å². The summed E-state index contributed by atoms with van der Waals surface area (Å²) < 4.78 is 21.2. The number of carbonyl (C=O) groups is 2. The largest absolute Gasteiger partial charge is 0.495 e.